The summed E-state index contributed by atoms with van der Waals surface area (Å²) >= 11 is 0. The number of nitrogens with one attached hydrogen (secondary N) is 2. The van der Waals surface area contributed by atoms with E-state index in [0.29, 0.717) is 17.4 Å². The number of hydrogen-bond acceptors (Lipinski definition) is 8. The van der Waals surface area contributed by atoms with Crippen LogP contribution in [0.15, 0.2) is 41.6 Å². The lowest BCUT2D eigenvalue weighted by Gasteiger charge is -2.36. The van der Waals surface area contributed by atoms with E-state index in [2.05, 4.69) is 36.0 Å². The normalized spacial score (nSPS) is 19.6. The first-order chi connectivity index (χ1) is 16.6. The van der Waals surface area contributed by atoms with E-state index in [9.17, 15) is 4.79 Å². The number of piperidine rings is 1. The Kier molecular flexibility index (Phi) is 6.57. The highest BCUT2D eigenvalue weighted by molar-refractivity contribution is 5.58. The van der Waals surface area contributed by atoms with Gasteiger partial charge in [0.2, 0.25) is 0 Å². The summed E-state index contributed by atoms with van der Waals surface area (Å²) in [5, 5.41) is 23.4. The molecular formula is C24H33N9O. The van der Waals surface area contributed by atoms with Gasteiger partial charge in [0.05, 0.1) is 18.1 Å². The van der Waals surface area contributed by atoms with Gasteiger partial charge >= 0.3 is 0 Å². The zero-order valence-corrected chi connectivity index (χ0v) is 19.9. The quantitative estimate of drug-likeness (QED) is 0.525. The van der Waals surface area contributed by atoms with Crippen molar-refractivity contribution in [3.63, 3.8) is 0 Å². The minimum Gasteiger partial charge on any atom is -0.387 e. The number of rotatable bonds is 8. The molecule has 0 amide bonds. The van der Waals surface area contributed by atoms with E-state index in [1.54, 1.807) is 27.7 Å². The molecule has 1 unspecified atom stereocenters. The molecule has 5 rings (SSSR count). The molecule has 180 valence electrons. The zero-order chi connectivity index (χ0) is 23.5. The van der Waals surface area contributed by atoms with E-state index in [-0.39, 0.29) is 11.7 Å². The van der Waals surface area contributed by atoms with Crippen LogP contribution in [0.3, 0.4) is 0 Å². The standard InChI is InChI=1S/C24H33N9O/c1-17(33-16-23(29-30-33)22-11-20(25-2)14-27-28-22)32-10-8-21(12-24(32)34)31-9-4-7-19(15-31)26-13-18-5-3-6-18/h8,10-12,14,16-19,26H,3-7,9,13,15H2,1-2H3,(H,25,28)/t17?,19-/m1/s1. The summed E-state index contributed by atoms with van der Waals surface area (Å²) in [4.78, 5) is 15.4. The van der Waals surface area contributed by atoms with E-state index < -0.39 is 0 Å². The number of nitrogens with zero attached hydrogens (tertiary/aromatic N) is 7. The molecule has 0 bridgehead atoms. The Labute approximate surface area is 199 Å². The van der Waals surface area contributed by atoms with Gasteiger partial charge in [-0.2, -0.15) is 5.10 Å². The Morgan fingerprint density at radius 2 is 2.03 bits per heavy atom. The van der Waals surface area contributed by atoms with Gasteiger partial charge in [-0.05, 0) is 57.2 Å². The monoisotopic (exact) mass is 463 g/mol. The molecule has 0 spiro atoms. The molecule has 4 heterocycles. The van der Waals surface area contributed by atoms with Crippen molar-refractivity contribution in [2.75, 3.05) is 36.9 Å². The Balaban J connectivity index is 1.27. The van der Waals surface area contributed by atoms with Gasteiger partial charge in [-0.15, -0.1) is 10.2 Å². The number of hydrogen-bond donors (Lipinski definition) is 2. The Morgan fingerprint density at radius 1 is 1.15 bits per heavy atom. The molecule has 0 radical (unpaired) electrons. The molecule has 1 saturated carbocycles. The second-order valence-corrected chi connectivity index (χ2v) is 9.42. The van der Waals surface area contributed by atoms with Gasteiger partial charge in [0.1, 0.15) is 17.6 Å². The van der Waals surface area contributed by atoms with Crippen LogP contribution in [0.2, 0.25) is 0 Å². The summed E-state index contributed by atoms with van der Waals surface area (Å²) in [6, 6.07) is 6.13. The predicted molar refractivity (Wildman–Crippen MR) is 132 cm³/mol. The van der Waals surface area contributed by atoms with E-state index in [1.807, 2.05) is 32.3 Å². The maximum atomic E-state index is 13.0. The van der Waals surface area contributed by atoms with E-state index in [0.717, 1.165) is 43.3 Å². The largest absolute Gasteiger partial charge is 0.387 e. The van der Waals surface area contributed by atoms with Gasteiger partial charge in [-0.1, -0.05) is 11.6 Å². The average molecular weight is 464 g/mol. The molecule has 34 heavy (non-hydrogen) atoms. The summed E-state index contributed by atoms with van der Waals surface area (Å²) in [6.07, 6.45) is 11.4. The maximum Gasteiger partial charge on any atom is 0.254 e. The lowest BCUT2D eigenvalue weighted by Crippen LogP contribution is -2.47. The van der Waals surface area contributed by atoms with Crippen LogP contribution in [0, 0.1) is 5.92 Å². The van der Waals surface area contributed by atoms with Gasteiger partial charge < -0.3 is 15.5 Å². The number of anilines is 2. The molecule has 3 aromatic heterocycles. The molecule has 10 nitrogen and oxygen atoms in total. The number of aromatic nitrogens is 6. The SMILES string of the molecule is CNc1cnnc(-c2cn(C(C)n3ccc(N4CCC[C@@H](NCC5CCC5)C4)cc3=O)nn2)c1. The average Bonchev–Trinajstić information content (AvgIpc) is 3.33. The molecule has 10 heteroatoms. The highest BCUT2D eigenvalue weighted by Gasteiger charge is 2.23. The smallest absolute Gasteiger partial charge is 0.254 e. The first kappa shape index (κ1) is 22.5. The molecule has 1 aliphatic heterocycles. The summed E-state index contributed by atoms with van der Waals surface area (Å²) in [7, 11) is 1.83. The highest BCUT2D eigenvalue weighted by atomic mass is 16.1. The highest BCUT2D eigenvalue weighted by Crippen LogP contribution is 2.26. The van der Waals surface area contributed by atoms with Crippen molar-refractivity contribution in [1.82, 2.24) is 35.1 Å². The van der Waals surface area contributed by atoms with Crippen molar-refractivity contribution >= 4 is 11.4 Å². The van der Waals surface area contributed by atoms with Gasteiger partial charge in [0, 0.05) is 44.1 Å². The van der Waals surface area contributed by atoms with Crippen LogP contribution < -0.4 is 21.1 Å². The van der Waals surface area contributed by atoms with Gasteiger partial charge in [0.25, 0.3) is 5.56 Å². The van der Waals surface area contributed by atoms with Crippen LogP contribution in [0.1, 0.15) is 45.2 Å². The van der Waals surface area contributed by atoms with Crippen LogP contribution in [0.4, 0.5) is 11.4 Å². The molecule has 3 aromatic rings. The molecule has 2 N–H and O–H groups in total. The van der Waals surface area contributed by atoms with Crippen molar-refractivity contribution in [2.45, 2.75) is 51.2 Å². The van der Waals surface area contributed by atoms with Crippen LogP contribution in [0.25, 0.3) is 11.4 Å². The minimum absolute atomic E-state index is 0.0522. The third-order valence-electron chi connectivity index (χ3n) is 7.14. The van der Waals surface area contributed by atoms with Crippen LogP contribution in [-0.2, 0) is 0 Å². The zero-order valence-electron chi connectivity index (χ0n) is 19.9. The maximum absolute atomic E-state index is 13.0. The first-order valence-corrected chi connectivity index (χ1v) is 12.2. The van der Waals surface area contributed by atoms with Crippen molar-refractivity contribution in [3.8, 4) is 11.4 Å². The van der Waals surface area contributed by atoms with Crippen LogP contribution in [-0.4, -0.2) is 62.5 Å². The molecular weight excluding hydrogens is 430 g/mol. The molecule has 1 aliphatic carbocycles. The van der Waals surface area contributed by atoms with Gasteiger partial charge in [-0.3, -0.25) is 9.36 Å². The van der Waals surface area contributed by atoms with Crippen LogP contribution >= 0.6 is 0 Å². The van der Waals surface area contributed by atoms with Crippen molar-refractivity contribution in [1.29, 1.82) is 0 Å². The predicted octanol–water partition coefficient (Wildman–Crippen LogP) is 2.36. The lowest BCUT2D eigenvalue weighted by atomic mass is 9.85. The Morgan fingerprint density at radius 3 is 2.79 bits per heavy atom. The number of pyridine rings is 1. The topological polar surface area (TPSA) is 106 Å². The van der Waals surface area contributed by atoms with Gasteiger partial charge in [0.15, 0.2) is 0 Å². The summed E-state index contributed by atoms with van der Waals surface area (Å²) in [5.74, 6) is 0.859. The fourth-order valence-electron chi connectivity index (χ4n) is 4.73. The van der Waals surface area contributed by atoms with Gasteiger partial charge in [-0.25, -0.2) is 4.68 Å². The molecule has 2 fully saturated rings. The van der Waals surface area contributed by atoms with Crippen LogP contribution in [0.5, 0.6) is 0 Å². The summed E-state index contributed by atoms with van der Waals surface area (Å²) in [5.41, 5.74) is 3.01. The third kappa shape index (κ3) is 4.82. The summed E-state index contributed by atoms with van der Waals surface area (Å²) in [6.45, 7) is 4.99. The van der Waals surface area contributed by atoms with Crippen molar-refractivity contribution < 1.29 is 0 Å². The first-order valence-electron chi connectivity index (χ1n) is 12.2. The Hall–Kier alpha value is -3.27. The minimum atomic E-state index is -0.318. The summed E-state index contributed by atoms with van der Waals surface area (Å²) < 4.78 is 3.35. The molecule has 0 aromatic carbocycles. The van der Waals surface area contributed by atoms with E-state index in [4.69, 9.17) is 0 Å². The molecule has 2 atom stereocenters. The second-order valence-electron chi connectivity index (χ2n) is 9.42. The fraction of sp³-hybridized carbons (Fsp3) is 0.542. The van der Waals surface area contributed by atoms with E-state index >= 15 is 0 Å². The molecule has 1 saturated heterocycles. The van der Waals surface area contributed by atoms with E-state index in [1.165, 1.54) is 25.7 Å². The second kappa shape index (κ2) is 9.92. The molecule has 2 aliphatic rings. The van der Waals surface area contributed by atoms with Crippen molar-refractivity contribution in [3.05, 3.63) is 47.1 Å². The van der Waals surface area contributed by atoms with Crippen molar-refractivity contribution in [2.24, 2.45) is 5.92 Å². The third-order valence-corrected chi connectivity index (χ3v) is 7.14. The lowest BCUT2D eigenvalue weighted by molar-refractivity contribution is 0.280. The Bertz CT molecular complexity index is 1170. The fourth-order valence-corrected chi connectivity index (χ4v) is 4.73.